The lowest BCUT2D eigenvalue weighted by Crippen LogP contribution is -2.38. The highest BCUT2D eigenvalue weighted by atomic mass is 32.2. The third-order valence-corrected chi connectivity index (χ3v) is 5.91. The molecule has 21 heavy (non-hydrogen) atoms. The van der Waals surface area contributed by atoms with E-state index in [0.717, 1.165) is 11.8 Å². The van der Waals surface area contributed by atoms with Gasteiger partial charge in [-0.3, -0.25) is 0 Å². The Bertz CT molecular complexity index is 379. The van der Waals surface area contributed by atoms with Crippen LogP contribution in [0.15, 0.2) is 29.2 Å². The molecule has 1 aromatic carbocycles. The fourth-order valence-electron chi connectivity index (χ4n) is 3.26. The van der Waals surface area contributed by atoms with Crippen LogP contribution in [0.4, 0.5) is 0 Å². The summed E-state index contributed by atoms with van der Waals surface area (Å²) in [6.45, 7) is 5.62. The molecule has 0 saturated heterocycles. The molecule has 1 nitrogen and oxygen atoms in total. The summed E-state index contributed by atoms with van der Waals surface area (Å²) in [6.07, 6.45) is 11.0. The lowest BCUT2D eigenvalue weighted by atomic mass is 9.99. The Morgan fingerprint density at radius 1 is 1.10 bits per heavy atom. The fraction of sp³-hybridized carbons (Fsp3) is 0.684. The minimum absolute atomic E-state index is 0.679. The van der Waals surface area contributed by atoms with Crippen LogP contribution in [-0.4, -0.2) is 17.8 Å². The molecule has 2 heteroatoms. The van der Waals surface area contributed by atoms with Gasteiger partial charge in [0.15, 0.2) is 0 Å². The highest BCUT2D eigenvalue weighted by Gasteiger charge is 2.28. The van der Waals surface area contributed by atoms with E-state index in [1.54, 1.807) is 5.56 Å². The largest absolute Gasteiger partial charge is 0.313 e. The highest BCUT2D eigenvalue weighted by Crippen LogP contribution is 2.39. The smallest absolute Gasteiger partial charge is 0.0289 e. The molecule has 0 aliphatic carbocycles. The molecule has 0 amide bonds. The van der Waals surface area contributed by atoms with Crippen molar-refractivity contribution in [3.63, 3.8) is 0 Å². The summed E-state index contributed by atoms with van der Waals surface area (Å²) in [4.78, 5) is 1.51. The minimum Gasteiger partial charge on any atom is -0.313 e. The van der Waals surface area contributed by atoms with Gasteiger partial charge in [0.2, 0.25) is 0 Å². The zero-order valence-electron chi connectivity index (χ0n) is 13.7. The van der Waals surface area contributed by atoms with Crippen LogP contribution in [-0.2, 0) is 6.42 Å². The van der Waals surface area contributed by atoms with E-state index in [-0.39, 0.29) is 0 Å². The van der Waals surface area contributed by atoms with Gasteiger partial charge in [0.1, 0.15) is 0 Å². The SMILES string of the molecule is CCCCCCCCC(NCC)C1Cc2ccccc2S1. The minimum atomic E-state index is 0.679. The Morgan fingerprint density at radius 2 is 1.86 bits per heavy atom. The van der Waals surface area contributed by atoms with Crippen LogP contribution in [0.5, 0.6) is 0 Å². The van der Waals surface area contributed by atoms with Gasteiger partial charge in [0.05, 0.1) is 0 Å². The Balaban J connectivity index is 1.75. The van der Waals surface area contributed by atoms with Gasteiger partial charge in [-0.25, -0.2) is 0 Å². The summed E-state index contributed by atoms with van der Waals surface area (Å²) >= 11 is 2.09. The molecule has 1 aliphatic rings. The molecule has 2 unspecified atom stereocenters. The monoisotopic (exact) mass is 305 g/mol. The van der Waals surface area contributed by atoms with Gasteiger partial charge >= 0.3 is 0 Å². The third kappa shape index (κ3) is 5.34. The second-order valence-electron chi connectivity index (χ2n) is 6.19. The second-order valence-corrected chi connectivity index (χ2v) is 7.47. The van der Waals surface area contributed by atoms with Crippen molar-refractivity contribution in [3.8, 4) is 0 Å². The first kappa shape index (κ1) is 16.9. The van der Waals surface area contributed by atoms with Gasteiger partial charge in [-0.1, -0.05) is 70.6 Å². The summed E-state index contributed by atoms with van der Waals surface area (Å²) in [5.41, 5.74) is 1.55. The molecule has 1 heterocycles. The van der Waals surface area contributed by atoms with E-state index in [2.05, 4.69) is 55.2 Å². The predicted octanol–water partition coefficient (Wildman–Crippen LogP) is 5.43. The van der Waals surface area contributed by atoms with Gasteiger partial charge in [-0.05, 0) is 31.0 Å². The maximum atomic E-state index is 3.74. The van der Waals surface area contributed by atoms with Crippen molar-refractivity contribution in [2.45, 2.75) is 81.4 Å². The Kier molecular flexibility index (Phi) is 7.66. The number of hydrogen-bond acceptors (Lipinski definition) is 2. The summed E-state index contributed by atoms with van der Waals surface area (Å²) in [7, 11) is 0. The van der Waals surface area contributed by atoms with Crippen molar-refractivity contribution in [1.29, 1.82) is 0 Å². The molecular formula is C19H31NS. The second kappa shape index (κ2) is 9.53. The summed E-state index contributed by atoms with van der Waals surface area (Å²) in [6, 6.07) is 9.62. The van der Waals surface area contributed by atoms with E-state index < -0.39 is 0 Å². The normalized spacial score (nSPS) is 18.7. The van der Waals surface area contributed by atoms with Crippen LogP contribution in [0.25, 0.3) is 0 Å². The maximum Gasteiger partial charge on any atom is 0.0289 e. The molecule has 2 atom stereocenters. The van der Waals surface area contributed by atoms with Crippen LogP contribution >= 0.6 is 11.8 Å². The van der Waals surface area contributed by atoms with E-state index in [1.807, 2.05) is 0 Å². The topological polar surface area (TPSA) is 12.0 Å². The number of rotatable bonds is 10. The van der Waals surface area contributed by atoms with Gasteiger partial charge < -0.3 is 5.32 Å². The van der Waals surface area contributed by atoms with Crippen LogP contribution in [0.1, 0.15) is 64.4 Å². The number of nitrogens with one attached hydrogen (secondary N) is 1. The molecule has 0 bridgehead atoms. The summed E-state index contributed by atoms with van der Waals surface area (Å²) < 4.78 is 0. The van der Waals surface area contributed by atoms with Crippen molar-refractivity contribution < 1.29 is 0 Å². The van der Waals surface area contributed by atoms with Crippen molar-refractivity contribution in [1.82, 2.24) is 5.32 Å². The highest BCUT2D eigenvalue weighted by molar-refractivity contribution is 8.00. The van der Waals surface area contributed by atoms with Crippen molar-refractivity contribution in [2.24, 2.45) is 0 Å². The van der Waals surface area contributed by atoms with Gasteiger partial charge in [0, 0.05) is 16.2 Å². The predicted molar refractivity (Wildman–Crippen MR) is 95.2 cm³/mol. The molecule has 0 radical (unpaired) electrons. The van der Waals surface area contributed by atoms with E-state index in [0.29, 0.717) is 6.04 Å². The first-order valence-electron chi connectivity index (χ1n) is 8.83. The molecule has 1 aromatic rings. The number of hydrogen-bond donors (Lipinski definition) is 1. The average Bonchev–Trinajstić information content (AvgIpc) is 2.93. The van der Waals surface area contributed by atoms with E-state index in [9.17, 15) is 0 Å². The Labute approximate surface area is 135 Å². The molecule has 118 valence electrons. The lowest BCUT2D eigenvalue weighted by molar-refractivity contribution is 0.450. The standard InChI is InChI=1S/C19H31NS/c1-3-5-6-7-8-9-13-17(20-4-2)19-15-16-12-10-11-14-18(16)21-19/h10-12,14,17,19-20H,3-9,13,15H2,1-2H3. The number of thioether (sulfide) groups is 1. The van der Waals surface area contributed by atoms with E-state index >= 15 is 0 Å². The van der Waals surface area contributed by atoms with Gasteiger partial charge in [0.25, 0.3) is 0 Å². The zero-order valence-corrected chi connectivity index (χ0v) is 14.6. The molecule has 1 aliphatic heterocycles. The number of unbranched alkanes of at least 4 members (excludes halogenated alkanes) is 5. The molecule has 0 saturated carbocycles. The third-order valence-electron chi connectivity index (χ3n) is 4.46. The van der Waals surface area contributed by atoms with Gasteiger partial charge in [-0.15, -0.1) is 11.8 Å². The first-order valence-corrected chi connectivity index (χ1v) is 9.71. The summed E-state index contributed by atoms with van der Waals surface area (Å²) in [5, 5.41) is 4.47. The Hall–Kier alpha value is -0.470. The van der Waals surface area contributed by atoms with Crippen molar-refractivity contribution in [3.05, 3.63) is 29.8 Å². The van der Waals surface area contributed by atoms with E-state index in [1.165, 1.54) is 56.3 Å². The first-order chi connectivity index (χ1) is 10.3. The van der Waals surface area contributed by atoms with Gasteiger partial charge in [-0.2, -0.15) is 0 Å². The summed E-state index contributed by atoms with van der Waals surface area (Å²) in [5.74, 6) is 0. The molecule has 0 spiro atoms. The molecule has 0 aromatic heterocycles. The molecule has 1 N–H and O–H groups in total. The molecule has 0 fully saturated rings. The lowest BCUT2D eigenvalue weighted by Gasteiger charge is -2.23. The zero-order chi connectivity index (χ0) is 14.9. The Morgan fingerprint density at radius 3 is 2.62 bits per heavy atom. The van der Waals surface area contributed by atoms with E-state index in [4.69, 9.17) is 0 Å². The molecule has 2 rings (SSSR count). The van der Waals surface area contributed by atoms with Crippen LogP contribution in [0.3, 0.4) is 0 Å². The number of fused-ring (bicyclic) bond motifs is 1. The average molecular weight is 306 g/mol. The fourth-order valence-corrected chi connectivity index (χ4v) is 4.71. The molecular weight excluding hydrogens is 274 g/mol. The maximum absolute atomic E-state index is 3.74. The van der Waals surface area contributed by atoms with Crippen molar-refractivity contribution in [2.75, 3.05) is 6.54 Å². The van der Waals surface area contributed by atoms with Crippen LogP contribution < -0.4 is 5.32 Å². The van der Waals surface area contributed by atoms with Crippen LogP contribution in [0.2, 0.25) is 0 Å². The number of benzene rings is 1. The quantitative estimate of drug-likeness (QED) is 0.578. The van der Waals surface area contributed by atoms with Crippen molar-refractivity contribution >= 4 is 11.8 Å². The van der Waals surface area contributed by atoms with Crippen LogP contribution in [0, 0.1) is 0 Å².